The van der Waals surface area contributed by atoms with Crippen molar-refractivity contribution in [1.29, 1.82) is 0 Å². The van der Waals surface area contributed by atoms with Gasteiger partial charge in [-0.2, -0.15) is 23.3 Å². The number of aliphatic imine (C=N–C) groups is 2. The van der Waals surface area contributed by atoms with Gasteiger partial charge < -0.3 is 9.47 Å². The molecule has 0 bridgehead atoms. The standard InChI is InChI=1S/C20H19F3N6O2S/c1-10(17(30-3)27-19(24-2)31-4)14-8-13(16-25-5-6-29(16)28-14)11-7-12(11)15-9-26-18(32-15)20(21,22)23/h5-6,8-9,11-12H,2,7H2,1,3-4H3/b17-10-,27-19+/t11-,12-/m0/s1. The molecule has 168 valence electrons. The second-order valence-electron chi connectivity index (χ2n) is 7.09. The van der Waals surface area contributed by atoms with E-state index in [9.17, 15) is 13.2 Å². The van der Waals surface area contributed by atoms with Gasteiger partial charge in [0, 0.05) is 40.5 Å². The molecular weight excluding hydrogens is 445 g/mol. The Balaban J connectivity index is 1.72. The van der Waals surface area contributed by atoms with Gasteiger partial charge >= 0.3 is 12.2 Å². The van der Waals surface area contributed by atoms with E-state index in [2.05, 4.69) is 31.8 Å². The molecule has 0 spiro atoms. The monoisotopic (exact) mass is 464 g/mol. The van der Waals surface area contributed by atoms with Crippen molar-refractivity contribution in [2.75, 3.05) is 14.2 Å². The molecule has 3 aromatic heterocycles. The van der Waals surface area contributed by atoms with Gasteiger partial charge in [0.05, 0.1) is 19.9 Å². The molecule has 4 rings (SSSR count). The Morgan fingerprint density at radius 2 is 2.03 bits per heavy atom. The van der Waals surface area contributed by atoms with Gasteiger partial charge in [-0.15, -0.1) is 11.3 Å². The Morgan fingerprint density at radius 1 is 1.25 bits per heavy atom. The molecule has 3 heterocycles. The van der Waals surface area contributed by atoms with Crippen LogP contribution < -0.4 is 0 Å². The van der Waals surface area contributed by atoms with Crippen molar-refractivity contribution in [1.82, 2.24) is 19.6 Å². The molecule has 0 aromatic carbocycles. The summed E-state index contributed by atoms with van der Waals surface area (Å²) in [6.07, 6.45) is 0.926. The zero-order valence-electron chi connectivity index (χ0n) is 17.4. The van der Waals surface area contributed by atoms with Gasteiger partial charge in [-0.25, -0.2) is 19.5 Å². The fourth-order valence-corrected chi connectivity index (χ4v) is 4.43. The van der Waals surface area contributed by atoms with E-state index in [1.165, 1.54) is 20.4 Å². The Bertz CT molecular complexity index is 1230. The number of hydrogen-bond acceptors (Lipinski definition) is 7. The number of aromatic nitrogens is 4. The fourth-order valence-electron chi connectivity index (χ4n) is 3.46. The average Bonchev–Trinajstić information content (AvgIpc) is 3.16. The maximum Gasteiger partial charge on any atom is 0.443 e. The summed E-state index contributed by atoms with van der Waals surface area (Å²) in [5.41, 5.74) is 2.75. The minimum absolute atomic E-state index is 0.00913. The van der Waals surface area contributed by atoms with Gasteiger partial charge in [0.15, 0.2) is 10.7 Å². The minimum atomic E-state index is -4.44. The van der Waals surface area contributed by atoms with Crippen LogP contribution in [0.15, 0.2) is 40.5 Å². The molecule has 8 nitrogen and oxygen atoms in total. The van der Waals surface area contributed by atoms with E-state index in [-0.39, 0.29) is 23.7 Å². The molecule has 2 atom stereocenters. The van der Waals surface area contributed by atoms with Crippen molar-refractivity contribution in [3.63, 3.8) is 0 Å². The first-order valence-corrected chi connectivity index (χ1v) is 10.3. The van der Waals surface area contributed by atoms with Crippen LogP contribution in [0, 0.1) is 0 Å². The molecule has 1 aliphatic rings. The van der Waals surface area contributed by atoms with E-state index in [4.69, 9.17) is 9.47 Å². The van der Waals surface area contributed by atoms with Crippen LogP contribution >= 0.6 is 11.3 Å². The zero-order valence-corrected chi connectivity index (χ0v) is 18.2. The number of rotatable bonds is 5. The third-order valence-corrected chi connectivity index (χ3v) is 6.30. The molecule has 0 N–H and O–H groups in total. The smallest absolute Gasteiger partial charge is 0.443 e. The highest BCUT2D eigenvalue weighted by molar-refractivity contribution is 7.11. The number of allylic oxidation sites excluding steroid dienone is 1. The van der Waals surface area contributed by atoms with E-state index < -0.39 is 11.2 Å². The first kappa shape index (κ1) is 21.9. The fraction of sp³-hybridized carbons (Fsp3) is 0.350. The normalized spacial score (nSPS) is 19.6. The third-order valence-electron chi connectivity index (χ3n) is 5.12. The van der Waals surface area contributed by atoms with Crippen LogP contribution in [-0.2, 0) is 15.7 Å². The predicted octanol–water partition coefficient (Wildman–Crippen LogP) is 4.51. The lowest BCUT2D eigenvalue weighted by atomic mass is 10.1. The minimum Gasteiger partial charge on any atom is -0.481 e. The highest BCUT2D eigenvalue weighted by Crippen LogP contribution is 2.57. The van der Waals surface area contributed by atoms with Gasteiger partial charge in [0.25, 0.3) is 0 Å². The average molecular weight is 464 g/mol. The van der Waals surface area contributed by atoms with Crippen molar-refractivity contribution in [3.8, 4) is 0 Å². The molecular formula is C20H19F3N6O2S. The van der Waals surface area contributed by atoms with Crippen LogP contribution in [0.2, 0.25) is 0 Å². The van der Waals surface area contributed by atoms with Crippen LogP contribution in [0.25, 0.3) is 11.2 Å². The second kappa shape index (κ2) is 8.34. The lowest BCUT2D eigenvalue weighted by molar-refractivity contribution is -0.137. The van der Waals surface area contributed by atoms with Crippen LogP contribution in [0.1, 0.15) is 46.3 Å². The highest BCUT2D eigenvalue weighted by atomic mass is 32.1. The first-order valence-electron chi connectivity index (χ1n) is 9.48. The Labute approximate surface area is 185 Å². The van der Waals surface area contributed by atoms with E-state index in [1.807, 2.05) is 6.07 Å². The van der Waals surface area contributed by atoms with Crippen molar-refractivity contribution >= 4 is 35.3 Å². The van der Waals surface area contributed by atoms with Crippen LogP contribution in [0.5, 0.6) is 0 Å². The van der Waals surface area contributed by atoms with E-state index in [0.717, 1.165) is 5.56 Å². The summed E-state index contributed by atoms with van der Waals surface area (Å²) >= 11 is 0.691. The van der Waals surface area contributed by atoms with E-state index in [1.54, 1.807) is 23.8 Å². The number of amidine groups is 1. The molecule has 0 aliphatic heterocycles. The molecule has 0 amide bonds. The second-order valence-corrected chi connectivity index (χ2v) is 8.15. The lowest BCUT2D eigenvalue weighted by Gasteiger charge is -2.10. The van der Waals surface area contributed by atoms with Gasteiger partial charge in [-0.3, -0.25) is 0 Å². The molecule has 0 unspecified atom stereocenters. The molecule has 32 heavy (non-hydrogen) atoms. The Hall–Kier alpha value is -3.28. The van der Waals surface area contributed by atoms with Crippen LogP contribution in [0.4, 0.5) is 13.2 Å². The Morgan fingerprint density at radius 3 is 2.66 bits per heavy atom. The summed E-state index contributed by atoms with van der Waals surface area (Å²) in [6, 6.07) is 1.91. The molecule has 1 fully saturated rings. The van der Waals surface area contributed by atoms with Crippen molar-refractivity contribution in [2.24, 2.45) is 9.98 Å². The lowest BCUT2D eigenvalue weighted by Crippen LogP contribution is -2.04. The third kappa shape index (κ3) is 4.09. The van der Waals surface area contributed by atoms with Crippen LogP contribution in [0.3, 0.4) is 0 Å². The SMILES string of the molecule is C=N/C(=N\C(OC)=C(/C)c1cc([C@H]2C[C@@H]2c2cnc(C(F)(F)F)s2)c2nccn2n1)OC. The maximum absolute atomic E-state index is 12.9. The zero-order chi connectivity index (χ0) is 23.0. The largest absolute Gasteiger partial charge is 0.481 e. The topological polar surface area (TPSA) is 86.3 Å². The predicted molar refractivity (Wildman–Crippen MR) is 114 cm³/mol. The van der Waals surface area contributed by atoms with Gasteiger partial charge in [-0.05, 0) is 32.0 Å². The van der Waals surface area contributed by atoms with Crippen molar-refractivity contribution < 1.29 is 22.6 Å². The summed E-state index contributed by atoms with van der Waals surface area (Å²) in [5.74, 6) is 0.209. The molecule has 12 heteroatoms. The Kier molecular flexibility index (Phi) is 5.71. The number of fused-ring (bicyclic) bond motifs is 1. The molecule has 0 saturated heterocycles. The summed E-state index contributed by atoms with van der Waals surface area (Å²) in [7, 11) is 2.88. The van der Waals surface area contributed by atoms with Crippen LogP contribution in [-0.4, -0.2) is 46.5 Å². The highest BCUT2D eigenvalue weighted by Gasteiger charge is 2.44. The summed E-state index contributed by atoms with van der Waals surface area (Å²) in [6.45, 7) is 5.19. The maximum atomic E-state index is 12.9. The van der Waals surface area contributed by atoms with E-state index in [0.29, 0.717) is 39.5 Å². The van der Waals surface area contributed by atoms with Crippen molar-refractivity contribution in [3.05, 3.63) is 51.7 Å². The van der Waals surface area contributed by atoms with E-state index >= 15 is 0 Å². The number of nitrogens with zero attached hydrogens (tertiary/aromatic N) is 6. The first-order chi connectivity index (χ1) is 15.3. The summed E-state index contributed by atoms with van der Waals surface area (Å²) in [4.78, 5) is 16.4. The molecule has 1 aliphatic carbocycles. The summed E-state index contributed by atoms with van der Waals surface area (Å²) in [5, 5.41) is 3.74. The molecule has 0 radical (unpaired) electrons. The number of hydrogen-bond donors (Lipinski definition) is 0. The number of thiazole rings is 1. The number of imidazole rings is 1. The number of halogens is 3. The van der Waals surface area contributed by atoms with Gasteiger partial charge in [-0.1, -0.05) is 0 Å². The molecule has 3 aromatic rings. The summed E-state index contributed by atoms with van der Waals surface area (Å²) < 4.78 is 50.9. The van der Waals surface area contributed by atoms with Gasteiger partial charge in [0.1, 0.15) is 0 Å². The number of alkyl halides is 3. The number of ether oxygens (including phenoxy) is 2. The molecule has 1 saturated carbocycles. The van der Waals surface area contributed by atoms with Gasteiger partial charge in [0.2, 0.25) is 5.88 Å². The quantitative estimate of drug-likeness (QED) is 0.315. The number of methoxy groups -OCH3 is 2. The van der Waals surface area contributed by atoms with Crippen molar-refractivity contribution in [2.45, 2.75) is 31.4 Å².